The predicted octanol–water partition coefficient (Wildman–Crippen LogP) is 1.16. The molecule has 4 N–H and O–H groups in total. The zero-order valence-corrected chi connectivity index (χ0v) is 9.21. The highest BCUT2D eigenvalue weighted by molar-refractivity contribution is 5.96. The quantitative estimate of drug-likeness (QED) is 0.681. The molecule has 5 heteroatoms. The third-order valence-electron chi connectivity index (χ3n) is 2.60. The van der Waals surface area contributed by atoms with Crippen molar-refractivity contribution in [3.63, 3.8) is 0 Å². The first-order chi connectivity index (χ1) is 7.19. The van der Waals surface area contributed by atoms with Crippen LogP contribution in [0.5, 0.6) is 0 Å². The number of hydrogen-bond acceptors (Lipinski definition) is 3. The van der Waals surface area contributed by atoms with E-state index in [1.165, 1.54) is 6.20 Å². The Bertz CT molecular complexity index is 317. The number of nitrogen functional groups attached to an aromatic ring is 1. The standard InChI is InChI=1S/C10H18N4O/c1-3-7(4-2)5-12-10(15)9-8(11)6-13-14-9/h6-7H,3-5,11H2,1-2H3,(H,12,15)(H,13,14). The number of H-pyrrole nitrogens is 1. The highest BCUT2D eigenvalue weighted by Gasteiger charge is 2.12. The van der Waals surface area contributed by atoms with Gasteiger partial charge in [0, 0.05) is 6.54 Å². The van der Waals surface area contributed by atoms with Crippen LogP contribution in [0.2, 0.25) is 0 Å². The Morgan fingerprint density at radius 3 is 2.73 bits per heavy atom. The fourth-order valence-electron chi connectivity index (χ4n) is 1.38. The smallest absolute Gasteiger partial charge is 0.271 e. The van der Waals surface area contributed by atoms with Gasteiger partial charge in [-0.2, -0.15) is 5.10 Å². The highest BCUT2D eigenvalue weighted by atomic mass is 16.1. The molecule has 15 heavy (non-hydrogen) atoms. The van der Waals surface area contributed by atoms with Gasteiger partial charge in [-0.15, -0.1) is 0 Å². The van der Waals surface area contributed by atoms with E-state index in [0.717, 1.165) is 12.8 Å². The third-order valence-corrected chi connectivity index (χ3v) is 2.60. The van der Waals surface area contributed by atoms with Crippen LogP contribution in [0.3, 0.4) is 0 Å². The van der Waals surface area contributed by atoms with Gasteiger partial charge in [0.25, 0.3) is 5.91 Å². The van der Waals surface area contributed by atoms with Crippen LogP contribution >= 0.6 is 0 Å². The molecule has 1 rings (SSSR count). The number of aromatic nitrogens is 2. The van der Waals surface area contributed by atoms with Crippen molar-refractivity contribution in [2.75, 3.05) is 12.3 Å². The first-order valence-electron chi connectivity index (χ1n) is 5.26. The second kappa shape index (κ2) is 5.38. The Morgan fingerprint density at radius 2 is 2.27 bits per heavy atom. The van der Waals surface area contributed by atoms with Gasteiger partial charge in [0.1, 0.15) is 5.69 Å². The van der Waals surface area contributed by atoms with Crippen molar-refractivity contribution in [2.24, 2.45) is 5.92 Å². The summed E-state index contributed by atoms with van der Waals surface area (Å²) < 4.78 is 0. The molecule has 0 spiro atoms. The van der Waals surface area contributed by atoms with Crippen LogP contribution in [0.1, 0.15) is 37.2 Å². The molecular weight excluding hydrogens is 192 g/mol. The number of aromatic amines is 1. The van der Waals surface area contributed by atoms with E-state index in [1.54, 1.807) is 0 Å². The summed E-state index contributed by atoms with van der Waals surface area (Å²) in [7, 11) is 0. The maximum absolute atomic E-state index is 11.6. The monoisotopic (exact) mass is 210 g/mol. The van der Waals surface area contributed by atoms with E-state index in [1.807, 2.05) is 0 Å². The lowest BCUT2D eigenvalue weighted by molar-refractivity contribution is 0.0942. The minimum atomic E-state index is -0.183. The molecular formula is C10H18N4O. The van der Waals surface area contributed by atoms with Crippen LogP contribution in [-0.2, 0) is 0 Å². The van der Waals surface area contributed by atoms with Crippen LogP contribution in [0, 0.1) is 5.92 Å². The molecule has 0 saturated heterocycles. The highest BCUT2D eigenvalue weighted by Crippen LogP contribution is 2.08. The van der Waals surface area contributed by atoms with E-state index < -0.39 is 0 Å². The van der Waals surface area contributed by atoms with Crippen molar-refractivity contribution < 1.29 is 4.79 Å². The van der Waals surface area contributed by atoms with E-state index in [0.29, 0.717) is 23.8 Å². The number of amides is 1. The SMILES string of the molecule is CCC(CC)CNC(=O)c1[nH]ncc1N. The summed E-state index contributed by atoms with van der Waals surface area (Å²) in [5.74, 6) is 0.343. The third kappa shape index (κ3) is 2.97. The Balaban J connectivity index is 2.47. The average molecular weight is 210 g/mol. The van der Waals surface area contributed by atoms with Gasteiger partial charge in [0.2, 0.25) is 0 Å². The molecule has 1 aromatic heterocycles. The number of nitrogens with zero attached hydrogens (tertiary/aromatic N) is 1. The molecule has 84 valence electrons. The predicted molar refractivity (Wildman–Crippen MR) is 59.4 cm³/mol. The van der Waals surface area contributed by atoms with E-state index in [4.69, 9.17) is 5.73 Å². The Labute approximate surface area is 89.4 Å². The van der Waals surface area contributed by atoms with Gasteiger partial charge in [-0.1, -0.05) is 26.7 Å². The van der Waals surface area contributed by atoms with E-state index in [2.05, 4.69) is 29.4 Å². The van der Waals surface area contributed by atoms with Gasteiger partial charge in [0.15, 0.2) is 0 Å². The Morgan fingerprint density at radius 1 is 1.60 bits per heavy atom. The van der Waals surface area contributed by atoms with Crippen LogP contribution in [0.15, 0.2) is 6.20 Å². The zero-order chi connectivity index (χ0) is 11.3. The minimum absolute atomic E-state index is 0.183. The second-order valence-electron chi connectivity index (χ2n) is 3.59. The lowest BCUT2D eigenvalue weighted by Gasteiger charge is -2.12. The maximum atomic E-state index is 11.6. The summed E-state index contributed by atoms with van der Waals surface area (Å²) in [5, 5.41) is 9.11. The van der Waals surface area contributed by atoms with Gasteiger partial charge in [0.05, 0.1) is 11.9 Å². The first-order valence-corrected chi connectivity index (χ1v) is 5.26. The Kier molecular flexibility index (Phi) is 4.15. The normalized spacial score (nSPS) is 10.6. The molecule has 0 aliphatic heterocycles. The fourth-order valence-corrected chi connectivity index (χ4v) is 1.38. The molecule has 0 unspecified atom stereocenters. The minimum Gasteiger partial charge on any atom is -0.396 e. The number of hydrogen-bond donors (Lipinski definition) is 3. The summed E-state index contributed by atoms with van der Waals surface area (Å²) in [6.45, 7) is 4.92. The molecule has 0 saturated carbocycles. The van der Waals surface area contributed by atoms with E-state index in [-0.39, 0.29) is 5.91 Å². The van der Waals surface area contributed by atoms with Crippen LogP contribution in [0.25, 0.3) is 0 Å². The molecule has 0 fully saturated rings. The van der Waals surface area contributed by atoms with Crippen molar-refractivity contribution >= 4 is 11.6 Å². The van der Waals surface area contributed by atoms with Gasteiger partial charge < -0.3 is 11.1 Å². The molecule has 1 amide bonds. The summed E-state index contributed by atoms with van der Waals surface area (Å²) in [6.07, 6.45) is 3.57. The molecule has 1 aromatic rings. The van der Waals surface area contributed by atoms with Gasteiger partial charge in [-0.05, 0) is 5.92 Å². The lowest BCUT2D eigenvalue weighted by atomic mass is 10.0. The van der Waals surface area contributed by atoms with Gasteiger partial charge in [-0.25, -0.2) is 0 Å². The van der Waals surface area contributed by atoms with Crippen molar-refractivity contribution in [3.8, 4) is 0 Å². The first kappa shape index (κ1) is 11.6. The summed E-state index contributed by atoms with van der Waals surface area (Å²) >= 11 is 0. The summed E-state index contributed by atoms with van der Waals surface area (Å²) in [6, 6.07) is 0. The summed E-state index contributed by atoms with van der Waals surface area (Å²) in [5.41, 5.74) is 6.29. The fraction of sp³-hybridized carbons (Fsp3) is 0.600. The molecule has 0 aliphatic rings. The zero-order valence-electron chi connectivity index (χ0n) is 9.21. The van der Waals surface area contributed by atoms with Gasteiger partial charge in [-0.3, -0.25) is 9.89 Å². The maximum Gasteiger partial charge on any atom is 0.271 e. The summed E-state index contributed by atoms with van der Waals surface area (Å²) in [4.78, 5) is 11.6. The van der Waals surface area contributed by atoms with Crippen LogP contribution < -0.4 is 11.1 Å². The van der Waals surface area contributed by atoms with Crippen molar-refractivity contribution in [1.29, 1.82) is 0 Å². The molecule has 0 aromatic carbocycles. The molecule has 0 atom stereocenters. The number of nitrogens with one attached hydrogen (secondary N) is 2. The molecule has 1 heterocycles. The number of carbonyl (C=O) groups excluding carboxylic acids is 1. The number of rotatable bonds is 5. The molecule has 0 radical (unpaired) electrons. The largest absolute Gasteiger partial charge is 0.396 e. The van der Waals surface area contributed by atoms with E-state index >= 15 is 0 Å². The molecule has 5 nitrogen and oxygen atoms in total. The average Bonchev–Trinajstić information content (AvgIpc) is 2.66. The molecule has 0 bridgehead atoms. The van der Waals surface area contributed by atoms with Crippen LogP contribution in [0.4, 0.5) is 5.69 Å². The lowest BCUT2D eigenvalue weighted by Crippen LogP contribution is -2.29. The number of carbonyl (C=O) groups is 1. The Hall–Kier alpha value is -1.52. The number of anilines is 1. The van der Waals surface area contributed by atoms with Gasteiger partial charge >= 0.3 is 0 Å². The molecule has 0 aliphatic carbocycles. The van der Waals surface area contributed by atoms with E-state index in [9.17, 15) is 4.79 Å². The van der Waals surface area contributed by atoms with Crippen molar-refractivity contribution in [3.05, 3.63) is 11.9 Å². The topological polar surface area (TPSA) is 83.8 Å². The van der Waals surface area contributed by atoms with Crippen molar-refractivity contribution in [1.82, 2.24) is 15.5 Å². The second-order valence-corrected chi connectivity index (χ2v) is 3.59. The van der Waals surface area contributed by atoms with Crippen molar-refractivity contribution in [2.45, 2.75) is 26.7 Å². The van der Waals surface area contributed by atoms with Crippen LogP contribution in [-0.4, -0.2) is 22.6 Å². The number of nitrogens with two attached hydrogens (primary N) is 1.